The van der Waals surface area contributed by atoms with E-state index < -0.39 is 28.5 Å². The molecule has 3 aromatic rings. The molecule has 1 atom stereocenters. The Hall–Kier alpha value is -3.01. The Kier molecular flexibility index (Phi) is 11.0. The Morgan fingerprint density at radius 3 is 2.24 bits per heavy atom. The number of nitrogens with one attached hydrogen (secondary N) is 1. The summed E-state index contributed by atoms with van der Waals surface area (Å²) in [7, 11) is -4.12. The van der Waals surface area contributed by atoms with E-state index in [2.05, 4.69) is 5.32 Å². The van der Waals surface area contributed by atoms with Crippen LogP contribution in [0.3, 0.4) is 0 Å². The van der Waals surface area contributed by atoms with E-state index in [9.17, 15) is 18.0 Å². The molecule has 1 saturated carbocycles. The largest absolute Gasteiger partial charge is 0.352 e. The molecule has 1 aliphatic carbocycles. The summed E-state index contributed by atoms with van der Waals surface area (Å²) >= 11 is 7.97. The zero-order valence-electron chi connectivity index (χ0n) is 24.3. The van der Waals surface area contributed by atoms with Crippen LogP contribution in [0.2, 0.25) is 5.02 Å². The molecule has 0 saturated heterocycles. The molecule has 0 aliphatic heterocycles. The van der Waals surface area contributed by atoms with Gasteiger partial charge in [-0.3, -0.25) is 13.9 Å². The Morgan fingerprint density at radius 2 is 1.62 bits per heavy atom. The molecule has 10 heteroatoms. The maximum absolute atomic E-state index is 14.1. The molecule has 0 radical (unpaired) electrons. The highest BCUT2D eigenvalue weighted by Gasteiger charge is 2.33. The monoisotopic (exact) mass is 627 g/mol. The topological polar surface area (TPSA) is 86.8 Å². The van der Waals surface area contributed by atoms with Gasteiger partial charge in [0.15, 0.2) is 0 Å². The van der Waals surface area contributed by atoms with Crippen LogP contribution >= 0.6 is 23.4 Å². The fourth-order valence-electron chi connectivity index (χ4n) is 5.08. The molecule has 224 valence electrons. The van der Waals surface area contributed by atoms with E-state index in [-0.39, 0.29) is 23.4 Å². The van der Waals surface area contributed by atoms with Crippen molar-refractivity contribution in [3.8, 4) is 0 Å². The first kappa shape index (κ1) is 31.9. The lowest BCUT2D eigenvalue weighted by molar-refractivity contribution is -0.139. The summed E-state index contributed by atoms with van der Waals surface area (Å²) in [4.78, 5) is 30.0. The molecule has 1 fully saturated rings. The Morgan fingerprint density at radius 1 is 0.976 bits per heavy atom. The second kappa shape index (κ2) is 14.4. The lowest BCUT2D eigenvalue weighted by atomic mass is 9.95. The van der Waals surface area contributed by atoms with Crippen LogP contribution in [0, 0.1) is 6.92 Å². The van der Waals surface area contributed by atoms with Gasteiger partial charge in [-0.2, -0.15) is 0 Å². The number of carbonyl (C=O) groups excluding carboxylic acids is 2. The highest BCUT2D eigenvalue weighted by atomic mass is 35.5. The predicted molar refractivity (Wildman–Crippen MR) is 170 cm³/mol. The predicted octanol–water partition coefficient (Wildman–Crippen LogP) is 6.43. The third kappa shape index (κ3) is 7.88. The van der Waals surface area contributed by atoms with Crippen molar-refractivity contribution in [2.75, 3.05) is 17.1 Å². The van der Waals surface area contributed by atoms with Gasteiger partial charge in [0.25, 0.3) is 10.0 Å². The Balaban J connectivity index is 1.68. The quantitative estimate of drug-likeness (QED) is 0.248. The Bertz CT molecular complexity index is 1470. The van der Waals surface area contributed by atoms with Crippen LogP contribution in [-0.4, -0.2) is 50.0 Å². The van der Waals surface area contributed by atoms with Gasteiger partial charge in [0.2, 0.25) is 11.8 Å². The SMILES string of the molecule is CSc1ccc(S(=O)(=O)N(CC(=O)N(Cc2ccccc2Cl)[C@@H](C)C(=O)NC2CCCCC2)c2ccc(C)cc2)cc1. The molecule has 3 aromatic carbocycles. The van der Waals surface area contributed by atoms with Crippen LogP contribution in [0.4, 0.5) is 5.69 Å². The number of benzene rings is 3. The molecule has 1 aliphatic rings. The third-order valence-corrected chi connectivity index (χ3v) is 10.6. The summed E-state index contributed by atoms with van der Waals surface area (Å²) in [6, 6.07) is 19.9. The lowest BCUT2D eigenvalue weighted by Gasteiger charge is -2.33. The van der Waals surface area contributed by atoms with E-state index in [1.165, 1.54) is 16.7 Å². The maximum Gasteiger partial charge on any atom is 0.264 e. The highest BCUT2D eigenvalue weighted by molar-refractivity contribution is 7.98. The smallest absolute Gasteiger partial charge is 0.264 e. The second-order valence-corrected chi connectivity index (χ2v) is 13.8. The van der Waals surface area contributed by atoms with E-state index >= 15 is 0 Å². The zero-order valence-corrected chi connectivity index (χ0v) is 26.6. The van der Waals surface area contributed by atoms with Crippen molar-refractivity contribution in [3.05, 3.63) is 88.9 Å². The molecule has 7 nitrogen and oxygen atoms in total. The number of aryl methyl sites for hydroxylation is 1. The van der Waals surface area contributed by atoms with Gasteiger partial charge in [0.05, 0.1) is 10.6 Å². The zero-order chi connectivity index (χ0) is 30.3. The molecule has 42 heavy (non-hydrogen) atoms. The number of rotatable bonds is 11. The minimum Gasteiger partial charge on any atom is -0.352 e. The molecule has 0 bridgehead atoms. The van der Waals surface area contributed by atoms with Crippen LogP contribution in [0.5, 0.6) is 0 Å². The van der Waals surface area contributed by atoms with Crippen LogP contribution in [0.25, 0.3) is 0 Å². The van der Waals surface area contributed by atoms with Crippen LogP contribution in [-0.2, 0) is 26.2 Å². The summed E-state index contributed by atoms with van der Waals surface area (Å²) in [5.74, 6) is -0.772. The first-order chi connectivity index (χ1) is 20.1. The summed E-state index contributed by atoms with van der Waals surface area (Å²) in [6.45, 7) is 3.16. The molecule has 0 spiro atoms. The number of hydrogen-bond donors (Lipinski definition) is 1. The number of amides is 2. The van der Waals surface area contributed by atoms with Gasteiger partial charge in [-0.25, -0.2) is 8.42 Å². The van der Waals surface area contributed by atoms with Crippen molar-refractivity contribution in [1.29, 1.82) is 0 Å². The van der Waals surface area contributed by atoms with Crippen molar-refractivity contribution < 1.29 is 18.0 Å². The Labute approximate surface area is 258 Å². The molecule has 0 heterocycles. The number of nitrogens with zero attached hydrogens (tertiary/aromatic N) is 2. The van der Waals surface area contributed by atoms with E-state index in [4.69, 9.17) is 11.6 Å². The molecule has 1 N–H and O–H groups in total. The summed E-state index contributed by atoms with van der Waals surface area (Å²) in [5.41, 5.74) is 1.99. The van der Waals surface area contributed by atoms with Crippen LogP contribution in [0.15, 0.2) is 82.6 Å². The van der Waals surface area contributed by atoms with Crippen LogP contribution in [0.1, 0.15) is 50.2 Å². The first-order valence-electron chi connectivity index (χ1n) is 14.2. The van der Waals surface area contributed by atoms with Crippen molar-refractivity contribution in [3.63, 3.8) is 0 Å². The average Bonchev–Trinajstić information content (AvgIpc) is 3.00. The fraction of sp³-hybridized carbons (Fsp3) is 0.375. The highest BCUT2D eigenvalue weighted by Crippen LogP contribution is 2.27. The average molecular weight is 628 g/mol. The number of sulfonamides is 1. The van der Waals surface area contributed by atoms with Gasteiger partial charge < -0.3 is 10.2 Å². The van der Waals surface area contributed by atoms with E-state index in [1.54, 1.807) is 73.7 Å². The van der Waals surface area contributed by atoms with Crippen molar-refractivity contribution in [2.24, 2.45) is 0 Å². The number of carbonyl (C=O) groups is 2. The van der Waals surface area contributed by atoms with Crippen molar-refractivity contribution in [1.82, 2.24) is 10.2 Å². The first-order valence-corrected chi connectivity index (χ1v) is 17.2. The normalized spacial score (nSPS) is 14.7. The number of anilines is 1. The standard InChI is InChI=1S/C32H38ClN3O4S2/c1-23-13-15-27(16-14-23)36(42(39,40)29-19-17-28(41-3)18-20-29)22-31(37)35(21-25-9-7-8-12-30(25)33)24(2)32(38)34-26-10-5-4-6-11-26/h7-9,12-20,24,26H,4-6,10-11,21-22H2,1-3H3,(H,34,38)/t24-/m0/s1. The number of hydrogen-bond acceptors (Lipinski definition) is 5. The molecule has 4 rings (SSSR count). The maximum atomic E-state index is 14.1. The molecular weight excluding hydrogens is 590 g/mol. The molecule has 2 amide bonds. The van der Waals surface area contributed by atoms with Crippen molar-refractivity contribution >= 4 is 50.9 Å². The minimum atomic E-state index is -4.12. The van der Waals surface area contributed by atoms with Gasteiger partial charge in [-0.05, 0) is 81.0 Å². The van der Waals surface area contributed by atoms with E-state index in [1.807, 2.05) is 19.2 Å². The van der Waals surface area contributed by atoms with Gasteiger partial charge in [0.1, 0.15) is 12.6 Å². The van der Waals surface area contributed by atoms with Crippen molar-refractivity contribution in [2.45, 2.75) is 74.4 Å². The summed E-state index contributed by atoms with van der Waals surface area (Å²) < 4.78 is 29.1. The number of thioether (sulfide) groups is 1. The molecular formula is C32H38ClN3O4S2. The summed E-state index contributed by atoms with van der Waals surface area (Å²) in [6.07, 6.45) is 7.01. The lowest BCUT2D eigenvalue weighted by Crippen LogP contribution is -2.53. The fourth-order valence-corrected chi connectivity index (χ4v) is 7.09. The number of halogens is 1. The molecule has 0 aromatic heterocycles. The summed E-state index contributed by atoms with van der Waals surface area (Å²) in [5, 5.41) is 3.58. The van der Waals surface area contributed by atoms with E-state index in [0.29, 0.717) is 16.3 Å². The van der Waals surface area contributed by atoms with E-state index in [0.717, 1.165) is 46.9 Å². The van der Waals surface area contributed by atoms with Crippen LogP contribution < -0.4 is 9.62 Å². The van der Waals surface area contributed by atoms with Gasteiger partial charge in [0, 0.05) is 22.5 Å². The van der Waals surface area contributed by atoms with Gasteiger partial charge in [-0.15, -0.1) is 11.8 Å². The molecule has 0 unspecified atom stereocenters. The minimum absolute atomic E-state index is 0.0575. The third-order valence-electron chi connectivity index (χ3n) is 7.67. The van der Waals surface area contributed by atoms with Gasteiger partial charge in [-0.1, -0.05) is 66.8 Å². The van der Waals surface area contributed by atoms with Gasteiger partial charge >= 0.3 is 0 Å². The second-order valence-electron chi connectivity index (χ2n) is 10.7.